The Balaban J connectivity index is 2.19. The van der Waals surface area contributed by atoms with Gasteiger partial charge in [-0.1, -0.05) is 41.0 Å². The molecule has 0 amide bonds. The zero-order chi connectivity index (χ0) is 16.8. The van der Waals surface area contributed by atoms with Gasteiger partial charge in [0.2, 0.25) is 0 Å². The van der Waals surface area contributed by atoms with Crippen molar-refractivity contribution in [1.29, 1.82) is 0 Å². The topological polar surface area (TPSA) is 9.23 Å². The number of hydrogen-bond donors (Lipinski definition) is 0. The van der Waals surface area contributed by atoms with Crippen LogP contribution in [0.25, 0.3) is 0 Å². The van der Waals surface area contributed by atoms with Crippen LogP contribution in [0.15, 0.2) is 0 Å². The molecular formula is C20H36OSi. The minimum Gasteiger partial charge on any atom is -0.414 e. The van der Waals surface area contributed by atoms with Crippen LogP contribution >= 0.6 is 0 Å². The Labute approximate surface area is 139 Å². The third-order valence-corrected chi connectivity index (χ3v) is 11.8. The Bertz CT molecular complexity index is 442. The van der Waals surface area contributed by atoms with Crippen LogP contribution in [0.4, 0.5) is 0 Å². The van der Waals surface area contributed by atoms with Gasteiger partial charge in [-0.15, -0.1) is 12.3 Å². The van der Waals surface area contributed by atoms with Gasteiger partial charge in [-0.3, -0.25) is 0 Å². The number of hydrogen-bond acceptors (Lipinski definition) is 1. The van der Waals surface area contributed by atoms with Crippen LogP contribution in [0.1, 0.15) is 66.7 Å². The van der Waals surface area contributed by atoms with E-state index in [4.69, 9.17) is 10.8 Å². The van der Waals surface area contributed by atoms with Gasteiger partial charge >= 0.3 is 0 Å². The van der Waals surface area contributed by atoms with Crippen molar-refractivity contribution in [2.75, 3.05) is 0 Å². The molecular weight excluding hydrogens is 284 g/mol. The van der Waals surface area contributed by atoms with Gasteiger partial charge in [-0.2, -0.15) is 0 Å². The summed E-state index contributed by atoms with van der Waals surface area (Å²) in [5.41, 5.74) is 0.400. The molecule has 2 aliphatic rings. The number of terminal acetylenes is 1. The predicted molar refractivity (Wildman–Crippen MR) is 98.2 cm³/mol. The molecule has 0 aromatic carbocycles. The number of fused-ring (bicyclic) bond motifs is 1. The Morgan fingerprint density at radius 1 is 1.23 bits per heavy atom. The van der Waals surface area contributed by atoms with Crippen LogP contribution in [-0.2, 0) is 4.43 Å². The van der Waals surface area contributed by atoms with Crippen molar-refractivity contribution in [3.8, 4) is 12.3 Å². The summed E-state index contributed by atoms with van der Waals surface area (Å²) in [5, 5.41) is 0.297. The van der Waals surface area contributed by atoms with E-state index in [-0.39, 0.29) is 0 Å². The van der Waals surface area contributed by atoms with Crippen LogP contribution < -0.4 is 0 Å². The molecule has 0 aromatic heterocycles. The van der Waals surface area contributed by atoms with E-state index >= 15 is 0 Å². The SMILES string of the molecule is C#C[C@H](C)[C@H]1CC[C@H]2[C@@H](O[Si](C)(C)C(C)(C)C)CCC[C@]12C. The molecule has 0 aromatic rings. The zero-order valence-electron chi connectivity index (χ0n) is 15.8. The number of rotatable bonds is 3. The highest BCUT2D eigenvalue weighted by molar-refractivity contribution is 6.74. The predicted octanol–water partition coefficient (Wildman–Crippen LogP) is 5.86. The van der Waals surface area contributed by atoms with Crippen LogP contribution in [0.3, 0.4) is 0 Å². The molecule has 0 saturated heterocycles. The second kappa shape index (κ2) is 5.99. The van der Waals surface area contributed by atoms with Crippen molar-refractivity contribution < 1.29 is 4.43 Å². The molecule has 5 atom stereocenters. The molecule has 2 heteroatoms. The molecule has 2 fully saturated rings. The van der Waals surface area contributed by atoms with E-state index in [2.05, 4.69) is 53.6 Å². The van der Waals surface area contributed by atoms with Gasteiger partial charge in [-0.05, 0) is 61.1 Å². The average Bonchev–Trinajstić information content (AvgIpc) is 2.74. The lowest BCUT2D eigenvalue weighted by Gasteiger charge is -2.49. The average molecular weight is 321 g/mol. The first-order valence-electron chi connectivity index (χ1n) is 9.17. The summed E-state index contributed by atoms with van der Waals surface area (Å²) in [5.74, 6) is 4.83. The van der Waals surface area contributed by atoms with Gasteiger partial charge in [0, 0.05) is 12.0 Å². The first kappa shape index (κ1) is 18.1. The van der Waals surface area contributed by atoms with Gasteiger partial charge in [0.15, 0.2) is 8.32 Å². The Morgan fingerprint density at radius 2 is 1.86 bits per heavy atom. The molecule has 0 heterocycles. The summed E-state index contributed by atoms with van der Waals surface area (Å²) in [6, 6.07) is 0. The molecule has 0 unspecified atom stereocenters. The van der Waals surface area contributed by atoms with E-state index in [1.165, 1.54) is 32.1 Å². The smallest absolute Gasteiger partial charge is 0.192 e. The maximum atomic E-state index is 6.87. The van der Waals surface area contributed by atoms with E-state index in [0.717, 1.165) is 5.92 Å². The summed E-state index contributed by atoms with van der Waals surface area (Å²) in [7, 11) is -1.68. The molecule has 0 radical (unpaired) electrons. The molecule has 0 bridgehead atoms. The van der Waals surface area contributed by atoms with Crippen molar-refractivity contribution in [2.45, 2.75) is 91.0 Å². The van der Waals surface area contributed by atoms with Crippen molar-refractivity contribution >= 4 is 8.32 Å². The molecule has 0 N–H and O–H groups in total. The largest absolute Gasteiger partial charge is 0.414 e. The quantitative estimate of drug-likeness (QED) is 0.467. The van der Waals surface area contributed by atoms with Crippen molar-refractivity contribution in [2.24, 2.45) is 23.2 Å². The maximum absolute atomic E-state index is 6.87. The fraction of sp³-hybridized carbons (Fsp3) is 0.900. The van der Waals surface area contributed by atoms with Crippen LogP contribution in [0.2, 0.25) is 18.1 Å². The highest BCUT2D eigenvalue weighted by Crippen LogP contribution is 2.59. The van der Waals surface area contributed by atoms with Gasteiger partial charge in [-0.25, -0.2) is 0 Å². The summed E-state index contributed by atoms with van der Waals surface area (Å²) >= 11 is 0. The lowest BCUT2D eigenvalue weighted by molar-refractivity contribution is -0.0155. The second-order valence-corrected chi connectivity index (χ2v) is 14.3. The van der Waals surface area contributed by atoms with Gasteiger partial charge in [0.05, 0.1) is 0 Å². The molecule has 2 saturated carbocycles. The molecule has 2 aliphatic carbocycles. The molecule has 126 valence electrons. The van der Waals surface area contributed by atoms with Crippen LogP contribution in [0.5, 0.6) is 0 Å². The summed E-state index contributed by atoms with van der Waals surface area (Å²) < 4.78 is 6.87. The normalized spacial score (nSPS) is 37.5. The van der Waals surface area contributed by atoms with Crippen LogP contribution in [0, 0.1) is 35.5 Å². The van der Waals surface area contributed by atoms with Crippen molar-refractivity contribution in [1.82, 2.24) is 0 Å². The molecule has 22 heavy (non-hydrogen) atoms. The van der Waals surface area contributed by atoms with E-state index in [9.17, 15) is 0 Å². The Morgan fingerprint density at radius 3 is 2.41 bits per heavy atom. The standard InChI is InChI=1S/C20H36OSi/c1-9-15(2)16-12-13-17-18(11-10-14-20(16,17)6)21-22(7,8)19(3,4)5/h1,15-18H,10-14H2,2-8H3/t15-,16+,17-,18-,20+/m0/s1. The molecule has 2 rings (SSSR count). The summed E-state index contributed by atoms with van der Waals surface area (Å²) in [6.07, 6.45) is 12.7. The highest BCUT2D eigenvalue weighted by atomic mass is 28.4. The first-order chi connectivity index (χ1) is 10.0. The van der Waals surface area contributed by atoms with E-state index in [1.807, 2.05) is 0 Å². The summed E-state index contributed by atoms with van der Waals surface area (Å²) in [6.45, 7) is 16.6. The van der Waals surface area contributed by atoms with E-state index in [1.54, 1.807) is 0 Å². The Hall–Kier alpha value is -0.263. The third kappa shape index (κ3) is 3.04. The van der Waals surface area contributed by atoms with Gasteiger partial charge in [0.1, 0.15) is 0 Å². The third-order valence-electron chi connectivity index (χ3n) is 7.25. The zero-order valence-corrected chi connectivity index (χ0v) is 16.8. The minimum absolute atomic E-state index is 0.297. The van der Waals surface area contributed by atoms with E-state index in [0.29, 0.717) is 28.4 Å². The fourth-order valence-corrected chi connectivity index (χ4v) is 6.19. The van der Waals surface area contributed by atoms with E-state index < -0.39 is 8.32 Å². The summed E-state index contributed by atoms with van der Waals surface area (Å²) in [4.78, 5) is 0. The maximum Gasteiger partial charge on any atom is 0.192 e. The Kier molecular flexibility index (Phi) is 4.92. The highest BCUT2D eigenvalue weighted by Gasteiger charge is 2.54. The second-order valence-electron chi connectivity index (χ2n) is 9.56. The monoisotopic (exact) mass is 320 g/mol. The van der Waals surface area contributed by atoms with Crippen LogP contribution in [-0.4, -0.2) is 14.4 Å². The molecule has 0 spiro atoms. The lowest BCUT2D eigenvalue weighted by atomic mass is 9.62. The van der Waals surface area contributed by atoms with Crippen molar-refractivity contribution in [3.05, 3.63) is 0 Å². The first-order valence-corrected chi connectivity index (χ1v) is 12.1. The van der Waals surface area contributed by atoms with Gasteiger partial charge in [0.25, 0.3) is 0 Å². The van der Waals surface area contributed by atoms with Gasteiger partial charge < -0.3 is 4.43 Å². The lowest BCUT2D eigenvalue weighted by Crippen LogP contribution is -2.50. The fourth-order valence-electron chi connectivity index (χ4n) is 4.79. The van der Waals surface area contributed by atoms with Crippen molar-refractivity contribution in [3.63, 3.8) is 0 Å². The minimum atomic E-state index is -1.68. The molecule has 1 nitrogen and oxygen atoms in total. The molecule has 0 aliphatic heterocycles.